The molecule has 1 aromatic heterocycles. The van der Waals surface area contributed by atoms with Gasteiger partial charge in [-0.1, -0.05) is 34.1 Å². The Labute approximate surface area is 106 Å². The summed E-state index contributed by atoms with van der Waals surface area (Å²) in [7, 11) is 0. The first-order chi connectivity index (χ1) is 8.24. The highest BCUT2D eigenvalue weighted by atomic mass is 79.9. The monoisotopic (exact) mass is 290 g/mol. The fourth-order valence-electron chi connectivity index (χ4n) is 1.77. The summed E-state index contributed by atoms with van der Waals surface area (Å²) in [4.78, 5) is 7.38. The quantitative estimate of drug-likeness (QED) is 0.717. The number of fused-ring (bicyclic) bond motifs is 1. The second-order valence-corrected chi connectivity index (χ2v) is 4.65. The van der Waals surface area contributed by atoms with Crippen LogP contribution in [0.1, 0.15) is 0 Å². The summed E-state index contributed by atoms with van der Waals surface area (Å²) in [5.41, 5.74) is 2.01. The number of hydrogen-bond acceptors (Lipinski definition) is 1. The number of benzene rings is 2. The predicted octanol–water partition coefficient (Wildman–Crippen LogP) is 4.13. The predicted molar refractivity (Wildman–Crippen MR) is 69.2 cm³/mol. The molecule has 0 aliphatic carbocycles. The Morgan fingerprint density at radius 2 is 1.94 bits per heavy atom. The summed E-state index contributed by atoms with van der Waals surface area (Å²) < 4.78 is 14.5. The summed E-state index contributed by atoms with van der Waals surface area (Å²) in [6.45, 7) is 0. The van der Waals surface area contributed by atoms with Gasteiger partial charge in [-0.05, 0) is 24.3 Å². The summed E-state index contributed by atoms with van der Waals surface area (Å²) in [6, 6.07) is 12.6. The maximum atomic E-state index is 13.5. The third kappa shape index (κ3) is 1.85. The van der Waals surface area contributed by atoms with Gasteiger partial charge in [0.25, 0.3) is 0 Å². The lowest BCUT2D eigenvalue weighted by Gasteiger charge is -1.96. The Hall–Kier alpha value is -1.68. The van der Waals surface area contributed by atoms with E-state index in [0.29, 0.717) is 16.9 Å². The van der Waals surface area contributed by atoms with Crippen molar-refractivity contribution in [2.75, 3.05) is 0 Å². The topological polar surface area (TPSA) is 28.7 Å². The molecule has 1 heterocycles. The van der Waals surface area contributed by atoms with Gasteiger partial charge in [0, 0.05) is 10.0 Å². The average molecular weight is 291 g/mol. The number of para-hydroxylation sites is 1. The molecule has 0 saturated carbocycles. The van der Waals surface area contributed by atoms with Crippen LogP contribution in [0, 0.1) is 5.82 Å². The fourth-order valence-corrected chi connectivity index (χ4v) is 2.17. The standard InChI is InChI=1S/C13H8BrFN2/c14-9-4-1-3-8(7-9)13-16-11-6-2-5-10(15)12(11)17-13/h1-7H,(H,16,17). The van der Waals surface area contributed by atoms with E-state index in [0.717, 1.165) is 10.0 Å². The Kier molecular flexibility index (Phi) is 2.44. The molecule has 2 aromatic carbocycles. The Morgan fingerprint density at radius 3 is 2.71 bits per heavy atom. The van der Waals surface area contributed by atoms with Gasteiger partial charge in [-0.15, -0.1) is 0 Å². The molecule has 0 atom stereocenters. The lowest BCUT2D eigenvalue weighted by Crippen LogP contribution is -1.79. The van der Waals surface area contributed by atoms with E-state index in [2.05, 4.69) is 25.9 Å². The molecule has 0 radical (unpaired) electrons. The third-order valence-electron chi connectivity index (χ3n) is 2.56. The molecule has 0 bridgehead atoms. The van der Waals surface area contributed by atoms with Crippen molar-refractivity contribution in [3.05, 3.63) is 52.8 Å². The highest BCUT2D eigenvalue weighted by Gasteiger charge is 2.08. The molecule has 0 amide bonds. The van der Waals surface area contributed by atoms with Crippen LogP contribution in [0.3, 0.4) is 0 Å². The normalized spacial score (nSPS) is 10.9. The van der Waals surface area contributed by atoms with Gasteiger partial charge in [0.15, 0.2) is 5.82 Å². The molecule has 0 aliphatic rings. The number of imidazole rings is 1. The molecule has 84 valence electrons. The molecule has 0 spiro atoms. The molecule has 0 fully saturated rings. The van der Waals surface area contributed by atoms with Gasteiger partial charge in [0.1, 0.15) is 11.3 Å². The number of hydrogen-bond donors (Lipinski definition) is 1. The number of aromatic amines is 1. The molecular formula is C13H8BrFN2. The van der Waals surface area contributed by atoms with E-state index < -0.39 is 0 Å². The van der Waals surface area contributed by atoms with Gasteiger partial charge >= 0.3 is 0 Å². The van der Waals surface area contributed by atoms with Crippen LogP contribution in [0.15, 0.2) is 46.9 Å². The van der Waals surface area contributed by atoms with Crippen molar-refractivity contribution in [2.24, 2.45) is 0 Å². The lowest BCUT2D eigenvalue weighted by molar-refractivity contribution is 0.637. The van der Waals surface area contributed by atoms with Crippen LogP contribution in [-0.2, 0) is 0 Å². The van der Waals surface area contributed by atoms with Crippen LogP contribution in [0.5, 0.6) is 0 Å². The summed E-state index contributed by atoms with van der Waals surface area (Å²) >= 11 is 3.40. The molecule has 17 heavy (non-hydrogen) atoms. The van der Waals surface area contributed by atoms with Gasteiger partial charge in [0.2, 0.25) is 0 Å². The molecule has 1 N–H and O–H groups in total. The molecular weight excluding hydrogens is 283 g/mol. The van der Waals surface area contributed by atoms with Crippen molar-refractivity contribution in [3.8, 4) is 11.4 Å². The lowest BCUT2D eigenvalue weighted by atomic mass is 10.2. The first-order valence-corrected chi connectivity index (χ1v) is 5.93. The zero-order valence-corrected chi connectivity index (χ0v) is 10.3. The van der Waals surface area contributed by atoms with Crippen molar-refractivity contribution >= 4 is 27.0 Å². The van der Waals surface area contributed by atoms with Gasteiger partial charge in [-0.3, -0.25) is 0 Å². The van der Waals surface area contributed by atoms with E-state index in [1.807, 2.05) is 30.3 Å². The van der Waals surface area contributed by atoms with Crippen molar-refractivity contribution in [2.45, 2.75) is 0 Å². The largest absolute Gasteiger partial charge is 0.338 e. The van der Waals surface area contributed by atoms with Crippen molar-refractivity contribution < 1.29 is 4.39 Å². The number of nitrogens with zero attached hydrogens (tertiary/aromatic N) is 1. The van der Waals surface area contributed by atoms with Gasteiger partial charge in [0.05, 0.1) is 5.52 Å². The second-order valence-electron chi connectivity index (χ2n) is 3.73. The molecule has 2 nitrogen and oxygen atoms in total. The highest BCUT2D eigenvalue weighted by Crippen LogP contribution is 2.24. The van der Waals surface area contributed by atoms with Crippen molar-refractivity contribution in [3.63, 3.8) is 0 Å². The number of aromatic nitrogens is 2. The zero-order valence-electron chi connectivity index (χ0n) is 8.74. The van der Waals surface area contributed by atoms with E-state index in [1.54, 1.807) is 6.07 Å². The van der Waals surface area contributed by atoms with E-state index in [1.165, 1.54) is 6.07 Å². The van der Waals surface area contributed by atoms with Crippen molar-refractivity contribution in [1.82, 2.24) is 9.97 Å². The number of halogens is 2. The Morgan fingerprint density at radius 1 is 1.12 bits per heavy atom. The molecule has 0 aliphatic heterocycles. The van der Waals surface area contributed by atoms with Crippen LogP contribution in [0.2, 0.25) is 0 Å². The minimum Gasteiger partial charge on any atom is -0.338 e. The first-order valence-electron chi connectivity index (χ1n) is 5.14. The minimum absolute atomic E-state index is 0.306. The maximum absolute atomic E-state index is 13.5. The highest BCUT2D eigenvalue weighted by molar-refractivity contribution is 9.10. The van der Waals surface area contributed by atoms with E-state index >= 15 is 0 Å². The maximum Gasteiger partial charge on any atom is 0.151 e. The second kappa shape index (κ2) is 3.96. The van der Waals surface area contributed by atoms with E-state index in [-0.39, 0.29) is 5.82 Å². The van der Waals surface area contributed by atoms with E-state index in [9.17, 15) is 4.39 Å². The fraction of sp³-hybridized carbons (Fsp3) is 0. The van der Waals surface area contributed by atoms with Gasteiger partial charge < -0.3 is 4.98 Å². The van der Waals surface area contributed by atoms with Crippen molar-refractivity contribution in [1.29, 1.82) is 0 Å². The number of nitrogens with one attached hydrogen (secondary N) is 1. The zero-order chi connectivity index (χ0) is 11.8. The molecule has 4 heteroatoms. The van der Waals surface area contributed by atoms with Gasteiger partial charge in [-0.2, -0.15) is 0 Å². The van der Waals surface area contributed by atoms with Crippen LogP contribution in [0.25, 0.3) is 22.4 Å². The van der Waals surface area contributed by atoms with Crippen LogP contribution >= 0.6 is 15.9 Å². The van der Waals surface area contributed by atoms with Gasteiger partial charge in [-0.25, -0.2) is 9.37 Å². The summed E-state index contributed by atoms with van der Waals surface area (Å²) in [5, 5.41) is 0. The SMILES string of the molecule is Fc1cccc2[nH]c(-c3cccc(Br)c3)nc12. The smallest absolute Gasteiger partial charge is 0.151 e. The Balaban J connectivity index is 2.22. The van der Waals surface area contributed by atoms with Crippen LogP contribution < -0.4 is 0 Å². The van der Waals surface area contributed by atoms with Crippen LogP contribution in [-0.4, -0.2) is 9.97 Å². The number of rotatable bonds is 1. The molecule has 3 rings (SSSR count). The molecule has 3 aromatic rings. The molecule has 0 unspecified atom stereocenters. The summed E-state index contributed by atoms with van der Waals surface area (Å²) in [6.07, 6.45) is 0. The van der Waals surface area contributed by atoms with E-state index in [4.69, 9.17) is 0 Å². The minimum atomic E-state index is -0.306. The third-order valence-corrected chi connectivity index (χ3v) is 3.05. The first kappa shape index (κ1) is 10.5. The number of H-pyrrole nitrogens is 1. The average Bonchev–Trinajstić information content (AvgIpc) is 2.74. The Bertz CT molecular complexity index is 691. The summed E-state index contributed by atoms with van der Waals surface area (Å²) in [5.74, 6) is 0.367. The molecule has 0 saturated heterocycles. The van der Waals surface area contributed by atoms with Crippen LogP contribution in [0.4, 0.5) is 4.39 Å².